The number of phenolic OH excluding ortho intramolecular Hbond substituents is 1. The second-order valence-electron chi connectivity index (χ2n) is 14.1. The molecule has 4 amide bonds. The lowest BCUT2D eigenvalue weighted by molar-refractivity contribution is -0.156. The van der Waals surface area contributed by atoms with Crippen LogP contribution in [0.1, 0.15) is 73.7 Å². The first kappa shape index (κ1) is 42.3. The van der Waals surface area contributed by atoms with E-state index in [9.17, 15) is 47.0 Å². The van der Waals surface area contributed by atoms with Gasteiger partial charge >= 0.3 is 17.6 Å². The fourth-order valence-corrected chi connectivity index (χ4v) is 6.81. The molecule has 4 heterocycles. The second kappa shape index (κ2) is 16.9. The number of fused-ring (bicyclic) bond motifs is 2. The van der Waals surface area contributed by atoms with Crippen molar-refractivity contribution in [1.29, 1.82) is 0 Å². The van der Waals surface area contributed by atoms with Crippen molar-refractivity contribution in [2.75, 3.05) is 0 Å². The van der Waals surface area contributed by atoms with Gasteiger partial charge in [-0.05, 0) is 55.2 Å². The summed E-state index contributed by atoms with van der Waals surface area (Å²) in [6, 6.07) is 8.87. The van der Waals surface area contributed by atoms with Crippen molar-refractivity contribution < 1.29 is 48.0 Å². The molecule has 300 valence electrons. The number of aromatic hydroxyl groups is 1. The first-order chi connectivity index (χ1) is 25.9. The molecule has 2 aliphatic heterocycles. The zero-order valence-electron chi connectivity index (χ0n) is 32.9. The predicted octanol–water partition coefficient (Wildman–Crippen LogP) is 4.50. The molecule has 2 aliphatic rings. The van der Waals surface area contributed by atoms with E-state index in [1.807, 2.05) is 18.2 Å². The van der Waals surface area contributed by atoms with Crippen LogP contribution < -0.4 is 26.4 Å². The number of rotatable bonds is 4. The monoisotopic (exact) mass is 793 g/mol. The number of carbonyl (C=O) groups excluding carboxylic acids is 5. The molecule has 0 saturated carbocycles. The number of carbonyl (C=O) groups is 5. The first-order valence-electron chi connectivity index (χ1n) is 17.9. The van der Waals surface area contributed by atoms with Gasteiger partial charge in [0.05, 0.1) is 11.0 Å². The van der Waals surface area contributed by atoms with E-state index >= 15 is 0 Å². The standard InChI is InChI=1S/C19H27N3O4Si.C13H13N3O4.C2HF3O.C2H6/c1-19(2,3)27(5,6)26-14-9-7-8-12-16(14)21(4)18(25)22(12)13-10-11-15(23)20-17(13)24;1-15-11-7(3-2-4-9(11)17)16(13(15)20)8-5-6-10(18)14-12(8)19;3-2(4,5)1-6;1-2/h7-9,13H,10-11H2,1-6H3,(H,20,23,24);2-4,8,17H,5-6H2,1H3,(H,14,18,19);1H;1-2H3/i;;;1D. The van der Waals surface area contributed by atoms with Gasteiger partial charge in [0.2, 0.25) is 29.9 Å². The van der Waals surface area contributed by atoms with E-state index in [2.05, 4.69) is 44.5 Å². The highest BCUT2D eigenvalue weighted by Gasteiger charge is 2.40. The molecule has 2 saturated heterocycles. The average Bonchev–Trinajstić information content (AvgIpc) is 3.50. The first-order valence-corrected chi connectivity index (χ1v) is 20.1. The molecule has 4 aromatic rings. The van der Waals surface area contributed by atoms with Crippen LogP contribution in [-0.2, 0) is 38.1 Å². The zero-order chi connectivity index (χ0) is 42.5. The number of para-hydroxylation sites is 2. The highest BCUT2D eigenvalue weighted by Crippen LogP contribution is 2.39. The minimum Gasteiger partial charge on any atom is -0.542 e. The molecule has 6 rings (SSSR count). The minimum absolute atomic E-state index is 0.0141. The smallest absolute Gasteiger partial charge is 0.446 e. The van der Waals surface area contributed by atoms with Crippen LogP contribution in [0.3, 0.4) is 0 Å². The molecule has 0 radical (unpaired) electrons. The Balaban J connectivity index is 0.000000254. The van der Waals surface area contributed by atoms with E-state index in [0.29, 0.717) is 41.1 Å². The topological polar surface area (TPSA) is 193 Å². The summed E-state index contributed by atoms with van der Waals surface area (Å²) >= 11 is 0. The lowest BCUT2D eigenvalue weighted by Crippen LogP contribution is -2.44. The normalized spacial score (nSPS) is 17.8. The quantitative estimate of drug-likeness (QED) is 0.152. The molecular weight excluding hydrogens is 746 g/mol. The maximum atomic E-state index is 12.9. The third-order valence-corrected chi connectivity index (χ3v) is 13.8. The molecule has 0 aliphatic carbocycles. The summed E-state index contributed by atoms with van der Waals surface area (Å²) < 4.78 is 49.6. The van der Waals surface area contributed by atoms with Crippen molar-refractivity contribution >= 4 is 60.3 Å². The predicted molar refractivity (Wildman–Crippen MR) is 200 cm³/mol. The molecule has 0 bridgehead atoms. The van der Waals surface area contributed by atoms with Gasteiger partial charge in [-0.3, -0.25) is 52.9 Å². The van der Waals surface area contributed by atoms with Crippen molar-refractivity contribution in [3.63, 3.8) is 0 Å². The highest BCUT2D eigenvalue weighted by molar-refractivity contribution is 6.74. The molecule has 2 fully saturated rings. The van der Waals surface area contributed by atoms with Gasteiger partial charge < -0.3 is 9.53 Å². The Bertz CT molecular complexity index is 2250. The number of hydrogen-bond donors (Lipinski definition) is 3. The number of piperidine rings is 2. The molecule has 19 heteroatoms. The average molecular weight is 794 g/mol. The Morgan fingerprint density at radius 1 is 0.818 bits per heavy atom. The van der Waals surface area contributed by atoms with Gasteiger partial charge in [-0.2, -0.15) is 13.2 Å². The number of aromatic nitrogens is 4. The number of aryl methyl sites for hydroxylation is 2. The maximum absolute atomic E-state index is 12.9. The number of amides is 4. The molecule has 3 N–H and O–H groups in total. The Labute approximate surface area is 316 Å². The number of aldehydes is 1. The molecule has 2 aromatic heterocycles. The van der Waals surface area contributed by atoms with E-state index in [0.717, 1.165) is 0 Å². The van der Waals surface area contributed by atoms with Crippen molar-refractivity contribution in [3.8, 4) is 11.5 Å². The van der Waals surface area contributed by atoms with Crippen LogP contribution in [0.25, 0.3) is 22.1 Å². The van der Waals surface area contributed by atoms with Gasteiger partial charge in [0, 0.05) is 28.3 Å². The van der Waals surface area contributed by atoms with Gasteiger partial charge in [0.1, 0.15) is 34.6 Å². The second-order valence-corrected chi connectivity index (χ2v) is 18.9. The fraction of sp³-hybridized carbons (Fsp3) is 0.472. The van der Waals surface area contributed by atoms with Crippen LogP contribution >= 0.6 is 0 Å². The molecule has 2 aromatic carbocycles. The van der Waals surface area contributed by atoms with E-state index in [1.165, 1.54) is 31.4 Å². The van der Waals surface area contributed by atoms with Crippen molar-refractivity contribution in [2.45, 2.75) is 96.7 Å². The summed E-state index contributed by atoms with van der Waals surface area (Å²) in [5, 5.41) is 14.4. The molecule has 0 spiro atoms. The van der Waals surface area contributed by atoms with Crippen molar-refractivity contribution in [1.82, 2.24) is 28.9 Å². The SMILES string of the molecule is Cn1c(=O)n(C2CCC(=O)NC2=O)c2cccc(O)c21.Cn1c(=O)n(C2CCC(=O)NC2=O)c2cccc(O[Si](C)(C)C(C)(C)C)c21.O=CC(F)(F)F.[2H]CC. The zero-order valence-corrected chi connectivity index (χ0v) is 32.9. The Hall–Kier alpha value is -5.46. The number of imidazole rings is 2. The van der Waals surface area contributed by atoms with Gasteiger partial charge in [-0.25, -0.2) is 9.59 Å². The largest absolute Gasteiger partial charge is 0.542 e. The summed E-state index contributed by atoms with van der Waals surface area (Å²) in [5.41, 5.74) is 1.50. The summed E-state index contributed by atoms with van der Waals surface area (Å²) in [7, 11) is 1.12. The summed E-state index contributed by atoms with van der Waals surface area (Å²) in [6.07, 6.45) is -4.69. The number of imide groups is 2. The minimum atomic E-state index is -4.64. The number of benzene rings is 2. The van der Waals surface area contributed by atoms with E-state index < -0.39 is 50.4 Å². The molecule has 2 unspecified atom stereocenters. The highest BCUT2D eigenvalue weighted by atomic mass is 28.4. The van der Waals surface area contributed by atoms with Crippen LogP contribution in [0, 0.1) is 0 Å². The Kier molecular flexibility index (Phi) is 13.0. The summed E-state index contributed by atoms with van der Waals surface area (Å²) in [6.45, 7) is 13.1. The number of phenols is 1. The summed E-state index contributed by atoms with van der Waals surface area (Å²) in [4.78, 5) is 80.9. The van der Waals surface area contributed by atoms with Crippen LogP contribution in [0.2, 0.25) is 18.1 Å². The van der Waals surface area contributed by atoms with E-state index in [4.69, 9.17) is 10.6 Å². The Morgan fingerprint density at radius 3 is 1.62 bits per heavy atom. The third-order valence-electron chi connectivity index (χ3n) is 9.50. The van der Waals surface area contributed by atoms with E-state index in [-0.39, 0.29) is 47.6 Å². The van der Waals surface area contributed by atoms with Crippen LogP contribution in [0.15, 0.2) is 46.0 Å². The van der Waals surface area contributed by atoms with Gasteiger partial charge in [0.25, 0.3) is 8.32 Å². The van der Waals surface area contributed by atoms with Gasteiger partial charge in [0.15, 0.2) is 0 Å². The van der Waals surface area contributed by atoms with E-state index in [1.54, 1.807) is 26.1 Å². The molecule has 2 atom stereocenters. The fourth-order valence-electron chi connectivity index (χ4n) is 5.79. The number of halogens is 3. The maximum Gasteiger partial charge on any atom is 0.446 e. The molecule has 15 nitrogen and oxygen atoms in total. The third kappa shape index (κ3) is 9.44. The number of nitrogens with one attached hydrogen (secondary N) is 2. The lowest BCUT2D eigenvalue weighted by atomic mass is 10.1. The van der Waals surface area contributed by atoms with Crippen LogP contribution in [0.4, 0.5) is 13.2 Å². The number of alkyl halides is 3. The molecule has 55 heavy (non-hydrogen) atoms. The van der Waals surface area contributed by atoms with Crippen molar-refractivity contribution in [3.05, 3.63) is 57.4 Å². The van der Waals surface area contributed by atoms with Gasteiger partial charge in [-0.1, -0.05) is 46.7 Å². The van der Waals surface area contributed by atoms with Crippen LogP contribution in [-0.4, -0.2) is 67.8 Å². The summed E-state index contributed by atoms with van der Waals surface area (Å²) in [5.74, 6) is -0.914. The lowest BCUT2D eigenvalue weighted by Gasteiger charge is -2.36. The van der Waals surface area contributed by atoms with Crippen LogP contribution in [0.5, 0.6) is 11.5 Å². The number of hydrogen-bond acceptors (Lipinski definition) is 9. The van der Waals surface area contributed by atoms with Gasteiger partial charge in [-0.15, -0.1) is 0 Å². The molecular formula is C36H47F3N6O9Si. The Morgan fingerprint density at radius 2 is 1.22 bits per heavy atom. The van der Waals surface area contributed by atoms with Crippen molar-refractivity contribution in [2.24, 2.45) is 14.1 Å². The number of nitrogens with zero attached hydrogens (tertiary/aromatic N) is 4.